The zero-order valence-corrected chi connectivity index (χ0v) is 16.7. The van der Waals surface area contributed by atoms with Crippen molar-refractivity contribution in [1.29, 1.82) is 0 Å². The first-order valence-corrected chi connectivity index (χ1v) is 10.5. The first kappa shape index (κ1) is 19.0. The summed E-state index contributed by atoms with van der Waals surface area (Å²) in [5, 5.41) is 3.07. The van der Waals surface area contributed by atoms with Crippen molar-refractivity contribution in [1.82, 2.24) is 15.3 Å². The van der Waals surface area contributed by atoms with Gasteiger partial charge in [0.2, 0.25) is 5.95 Å². The van der Waals surface area contributed by atoms with Crippen LogP contribution in [0.2, 0.25) is 0 Å². The molecule has 1 unspecified atom stereocenters. The second kappa shape index (κ2) is 8.36. The Balaban J connectivity index is 1.37. The molecule has 0 aromatic carbocycles. The molecule has 4 rings (SSSR count). The fourth-order valence-electron chi connectivity index (χ4n) is 3.70. The monoisotopic (exact) mass is 400 g/mol. The molecule has 2 aliphatic heterocycles. The van der Waals surface area contributed by atoms with Gasteiger partial charge < -0.3 is 15.0 Å². The van der Waals surface area contributed by atoms with Crippen molar-refractivity contribution in [3.8, 4) is 0 Å². The fourth-order valence-corrected chi connectivity index (χ4v) is 4.50. The number of Topliss-reactive ketones (excluding diaryl/α,β-unsaturated/α-hetero) is 1. The van der Waals surface area contributed by atoms with Crippen molar-refractivity contribution >= 4 is 29.0 Å². The number of aromatic nitrogens is 2. The molecule has 1 N–H and O–H groups in total. The molecule has 4 heterocycles. The Bertz CT molecular complexity index is 863. The van der Waals surface area contributed by atoms with Crippen LogP contribution in [0, 0.1) is 0 Å². The van der Waals surface area contributed by atoms with E-state index in [1.54, 1.807) is 12.1 Å². The number of amides is 1. The lowest BCUT2D eigenvalue weighted by Crippen LogP contribution is -2.37. The van der Waals surface area contributed by atoms with Crippen LogP contribution in [-0.2, 0) is 4.74 Å². The number of ether oxygens (including phenoxy) is 1. The van der Waals surface area contributed by atoms with Gasteiger partial charge in [0, 0.05) is 50.2 Å². The van der Waals surface area contributed by atoms with Crippen LogP contribution < -0.4 is 10.2 Å². The number of nitrogens with zero attached hydrogens (tertiary/aromatic N) is 3. The minimum absolute atomic E-state index is 0.0161. The Kier molecular flexibility index (Phi) is 5.68. The topological polar surface area (TPSA) is 84.4 Å². The molecule has 0 bridgehead atoms. The molecule has 0 saturated carbocycles. The molecule has 2 fully saturated rings. The van der Waals surface area contributed by atoms with Gasteiger partial charge in [-0.3, -0.25) is 9.59 Å². The van der Waals surface area contributed by atoms with Gasteiger partial charge in [-0.2, -0.15) is 0 Å². The van der Waals surface area contributed by atoms with Gasteiger partial charge in [-0.25, -0.2) is 9.97 Å². The van der Waals surface area contributed by atoms with Crippen molar-refractivity contribution in [3.05, 3.63) is 39.8 Å². The van der Waals surface area contributed by atoms with E-state index < -0.39 is 0 Å². The van der Waals surface area contributed by atoms with Crippen molar-refractivity contribution in [3.63, 3.8) is 0 Å². The number of carbonyl (C=O) groups is 2. The first-order valence-electron chi connectivity index (χ1n) is 9.67. The highest BCUT2D eigenvalue weighted by Gasteiger charge is 2.27. The molecular formula is C20H24N4O3S. The summed E-state index contributed by atoms with van der Waals surface area (Å²) in [5.74, 6) is 1.03. The van der Waals surface area contributed by atoms with Crippen LogP contribution in [0.4, 0.5) is 5.95 Å². The summed E-state index contributed by atoms with van der Waals surface area (Å²) in [6.45, 7) is 4.59. The molecule has 2 saturated heterocycles. The van der Waals surface area contributed by atoms with Crippen molar-refractivity contribution < 1.29 is 14.3 Å². The molecule has 148 valence electrons. The Hall–Kier alpha value is -2.32. The van der Waals surface area contributed by atoms with Gasteiger partial charge >= 0.3 is 0 Å². The zero-order valence-electron chi connectivity index (χ0n) is 15.9. The maximum atomic E-state index is 12.5. The molecule has 28 heavy (non-hydrogen) atoms. The van der Waals surface area contributed by atoms with Gasteiger partial charge in [0.15, 0.2) is 5.78 Å². The Morgan fingerprint density at radius 1 is 1.18 bits per heavy atom. The van der Waals surface area contributed by atoms with Crippen LogP contribution in [0.15, 0.2) is 24.4 Å². The van der Waals surface area contributed by atoms with Crippen LogP contribution >= 0.6 is 11.3 Å². The van der Waals surface area contributed by atoms with E-state index in [0.717, 1.165) is 50.7 Å². The predicted octanol–water partition coefficient (Wildman–Crippen LogP) is 2.64. The minimum Gasteiger partial charge on any atom is -0.381 e. The summed E-state index contributed by atoms with van der Waals surface area (Å²) in [6, 6.07) is 5.46. The number of carbonyl (C=O) groups excluding carboxylic acids is 2. The van der Waals surface area contributed by atoms with Crippen molar-refractivity contribution in [2.24, 2.45) is 0 Å². The van der Waals surface area contributed by atoms with Gasteiger partial charge in [-0.1, -0.05) is 0 Å². The summed E-state index contributed by atoms with van der Waals surface area (Å²) < 4.78 is 5.44. The maximum absolute atomic E-state index is 12.5. The van der Waals surface area contributed by atoms with Crippen LogP contribution in [0.3, 0.4) is 0 Å². The van der Waals surface area contributed by atoms with E-state index in [-0.39, 0.29) is 17.7 Å². The van der Waals surface area contributed by atoms with Gasteiger partial charge in [0.25, 0.3) is 5.91 Å². The van der Waals surface area contributed by atoms with Gasteiger partial charge in [-0.05, 0) is 44.4 Å². The lowest BCUT2D eigenvalue weighted by Gasteiger charge is -2.23. The van der Waals surface area contributed by atoms with Crippen LogP contribution in [-0.4, -0.2) is 54.0 Å². The standard InChI is InChI=1S/C20H24N4O3S/c1-13(25)17-2-3-18(28-17)19(26)22-15-5-9-24(12-15)20-21-8-4-16(23-20)14-6-10-27-11-7-14/h2-4,8,14-15H,5-7,9-12H2,1H3,(H,22,26). The molecule has 0 spiro atoms. The van der Waals surface area contributed by atoms with Crippen LogP contribution in [0.5, 0.6) is 0 Å². The molecule has 2 aromatic rings. The van der Waals surface area contributed by atoms with E-state index >= 15 is 0 Å². The Morgan fingerprint density at radius 3 is 2.71 bits per heavy atom. The molecule has 2 aliphatic rings. The van der Waals surface area contributed by atoms with Gasteiger partial charge in [-0.15, -0.1) is 11.3 Å². The van der Waals surface area contributed by atoms with E-state index in [4.69, 9.17) is 9.72 Å². The molecule has 1 amide bonds. The summed E-state index contributed by atoms with van der Waals surface area (Å²) in [6.07, 6.45) is 4.67. The highest BCUT2D eigenvalue weighted by atomic mass is 32.1. The number of hydrogen-bond acceptors (Lipinski definition) is 7. The molecule has 8 heteroatoms. The SMILES string of the molecule is CC(=O)c1ccc(C(=O)NC2CCN(c3nccc(C4CCOCC4)n3)C2)s1. The summed E-state index contributed by atoms with van der Waals surface area (Å²) >= 11 is 1.24. The number of thiophene rings is 1. The maximum Gasteiger partial charge on any atom is 0.261 e. The van der Waals surface area contributed by atoms with Gasteiger partial charge in [0.05, 0.1) is 9.75 Å². The first-order chi connectivity index (χ1) is 13.6. The quantitative estimate of drug-likeness (QED) is 0.777. The average molecular weight is 401 g/mol. The number of nitrogens with one attached hydrogen (secondary N) is 1. The summed E-state index contributed by atoms with van der Waals surface area (Å²) in [4.78, 5) is 36.4. The van der Waals surface area contributed by atoms with E-state index in [1.807, 2.05) is 12.3 Å². The normalized spacial score (nSPS) is 20.3. The Morgan fingerprint density at radius 2 is 1.96 bits per heavy atom. The summed E-state index contributed by atoms with van der Waals surface area (Å²) in [7, 11) is 0. The molecule has 1 atom stereocenters. The fraction of sp³-hybridized carbons (Fsp3) is 0.500. The zero-order chi connectivity index (χ0) is 19.5. The van der Waals surface area contributed by atoms with E-state index in [1.165, 1.54) is 18.3 Å². The largest absolute Gasteiger partial charge is 0.381 e. The van der Waals surface area contributed by atoms with Gasteiger partial charge in [0.1, 0.15) is 0 Å². The lowest BCUT2D eigenvalue weighted by molar-refractivity contribution is 0.0845. The van der Waals surface area contributed by atoms with Crippen LogP contribution in [0.1, 0.15) is 57.1 Å². The average Bonchev–Trinajstić information content (AvgIpc) is 3.39. The summed E-state index contributed by atoms with van der Waals surface area (Å²) in [5.41, 5.74) is 1.08. The molecule has 2 aromatic heterocycles. The Labute approximate surface area is 168 Å². The van der Waals surface area contributed by atoms with E-state index in [9.17, 15) is 9.59 Å². The molecule has 7 nitrogen and oxygen atoms in total. The third kappa shape index (κ3) is 4.23. The van der Waals surface area contributed by atoms with E-state index in [2.05, 4.69) is 15.2 Å². The predicted molar refractivity (Wildman–Crippen MR) is 107 cm³/mol. The number of rotatable bonds is 5. The lowest BCUT2D eigenvalue weighted by atomic mass is 9.96. The number of ketones is 1. The minimum atomic E-state index is -0.124. The molecular weight excluding hydrogens is 376 g/mol. The second-order valence-electron chi connectivity index (χ2n) is 7.29. The highest BCUT2D eigenvalue weighted by molar-refractivity contribution is 7.15. The highest BCUT2D eigenvalue weighted by Crippen LogP contribution is 2.27. The molecule has 0 radical (unpaired) electrons. The van der Waals surface area contributed by atoms with Crippen molar-refractivity contribution in [2.75, 3.05) is 31.2 Å². The molecule has 0 aliphatic carbocycles. The smallest absolute Gasteiger partial charge is 0.261 e. The number of hydrogen-bond donors (Lipinski definition) is 1. The third-order valence-electron chi connectivity index (χ3n) is 5.29. The van der Waals surface area contributed by atoms with Crippen LogP contribution in [0.25, 0.3) is 0 Å². The van der Waals surface area contributed by atoms with E-state index in [0.29, 0.717) is 22.2 Å². The second-order valence-corrected chi connectivity index (χ2v) is 8.38. The number of anilines is 1. The third-order valence-corrected chi connectivity index (χ3v) is 6.47. The van der Waals surface area contributed by atoms with Crippen molar-refractivity contribution in [2.45, 2.75) is 38.1 Å².